The molecule has 2 aliphatic rings. The molecule has 0 bridgehead atoms. The fourth-order valence-electron chi connectivity index (χ4n) is 5.91. The molecule has 3 N–H and O–H groups in total. The second kappa shape index (κ2) is 14.8. The molecule has 0 aromatic heterocycles. The highest BCUT2D eigenvalue weighted by Crippen LogP contribution is 2.40. The summed E-state index contributed by atoms with van der Waals surface area (Å²) in [5.41, 5.74) is -0.475. The number of halogens is 1. The van der Waals surface area contributed by atoms with Gasteiger partial charge in [-0.1, -0.05) is 55.8 Å². The number of likely N-dealkylation sites (tertiary alicyclic amines) is 1. The molecule has 1 saturated heterocycles. The van der Waals surface area contributed by atoms with Crippen LogP contribution in [0.2, 0.25) is 5.02 Å². The van der Waals surface area contributed by atoms with E-state index in [1.807, 2.05) is 19.2 Å². The van der Waals surface area contributed by atoms with Crippen molar-refractivity contribution in [1.82, 2.24) is 15.5 Å². The lowest BCUT2D eigenvalue weighted by Gasteiger charge is -2.43. The number of nitrogens with one attached hydrogen (secondary N) is 2. The topological polar surface area (TPSA) is 100 Å². The van der Waals surface area contributed by atoms with Crippen LogP contribution in [0.3, 0.4) is 0 Å². The maximum absolute atomic E-state index is 13.3. The molecule has 208 valence electrons. The van der Waals surface area contributed by atoms with Gasteiger partial charge in [-0.3, -0.25) is 0 Å². The molecule has 2 amide bonds. The molecule has 1 aliphatic carbocycles. The average Bonchev–Trinajstić information content (AvgIpc) is 2.91. The molecule has 3 atom stereocenters. The van der Waals surface area contributed by atoms with Gasteiger partial charge in [-0.25, -0.2) is 9.59 Å². The largest absolute Gasteiger partial charge is 0.453 e. The summed E-state index contributed by atoms with van der Waals surface area (Å²) in [5, 5.41) is 18.4. The third kappa shape index (κ3) is 8.76. The first-order valence-corrected chi connectivity index (χ1v) is 14.1. The van der Waals surface area contributed by atoms with Crippen molar-refractivity contribution in [3.05, 3.63) is 34.9 Å². The van der Waals surface area contributed by atoms with E-state index >= 15 is 0 Å². The van der Waals surface area contributed by atoms with Crippen molar-refractivity contribution >= 4 is 23.8 Å². The number of rotatable bonds is 11. The van der Waals surface area contributed by atoms with Crippen LogP contribution < -0.4 is 10.6 Å². The van der Waals surface area contributed by atoms with Crippen molar-refractivity contribution in [1.29, 1.82) is 0 Å². The summed E-state index contributed by atoms with van der Waals surface area (Å²) >= 11 is 6.28. The van der Waals surface area contributed by atoms with Crippen molar-refractivity contribution < 1.29 is 24.2 Å². The van der Waals surface area contributed by atoms with Gasteiger partial charge in [0.15, 0.2) is 0 Å². The number of benzene rings is 1. The summed E-state index contributed by atoms with van der Waals surface area (Å²) in [6.07, 6.45) is 8.69. The Morgan fingerprint density at radius 3 is 2.70 bits per heavy atom. The maximum Gasteiger partial charge on any atom is 0.410 e. The Labute approximate surface area is 226 Å². The van der Waals surface area contributed by atoms with Crippen LogP contribution >= 0.6 is 11.6 Å². The van der Waals surface area contributed by atoms with E-state index in [0.29, 0.717) is 50.0 Å². The van der Waals surface area contributed by atoms with Gasteiger partial charge < -0.3 is 30.1 Å². The van der Waals surface area contributed by atoms with Gasteiger partial charge in [-0.15, -0.1) is 0 Å². The Balaban J connectivity index is 1.68. The van der Waals surface area contributed by atoms with E-state index in [1.54, 1.807) is 17.0 Å². The highest BCUT2D eigenvalue weighted by atomic mass is 35.5. The lowest BCUT2D eigenvalue weighted by atomic mass is 9.74. The van der Waals surface area contributed by atoms with Gasteiger partial charge in [0.25, 0.3) is 0 Å². The number of carbonyl (C=O) groups excluding carboxylic acids is 2. The van der Waals surface area contributed by atoms with Crippen molar-refractivity contribution in [3.8, 4) is 0 Å². The SMILES string of the molecule is CNC[C@H](CC1CCCCC1)OC(=O)N1CCCC([C@@](O)(CCCNC(=O)OC)c2cccc(Cl)c2)C1. The molecule has 3 rings (SSSR count). The zero-order chi connectivity index (χ0) is 26.7. The minimum Gasteiger partial charge on any atom is -0.453 e. The van der Waals surface area contributed by atoms with Crippen molar-refractivity contribution in [2.75, 3.05) is 40.3 Å². The van der Waals surface area contributed by atoms with Gasteiger partial charge in [-0.05, 0) is 62.8 Å². The summed E-state index contributed by atoms with van der Waals surface area (Å²) in [6.45, 7) is 2.03. The zero-order valence-electron chi connectivity index (χ0n) is 22.3. The number of piperidine rings is 1. The van der Waals surface area contributed by atoms with Gasteiger partial charge in [0.05, 0.1) is 12.7 Å². The average molecular weight is 538 g/mol. The van der Waals surface area contributed by atoms with Gasteiger partial charge >= 0.3 is 12.2 Å². The number of likely N-dealkylation sites (N-methyl/N-ethyl adjacent to an activating group) is 1. The summed E-state index contributed by atoms with van der Waals surface area (Å²) in [4.78, 5) is 26.5. The van der Waals surface area contributed by atoms with Crippen molar-refractivity contribution in [2.24, 2.45) is 11.8 Å². The zero-order valence-corrected chi connectivity index (χ0v) is 23.1. The van der Waals surface area contributed by atoms with E-state index < -0.39 is 11.7 Å². The Kier molecular flexibility index (Phi) is 11.8. The van der Waals surface area contributed by atoms with Crippen molar-refractivity contribution in [2.45, 2.75) is 75.9 Å². The first-order chi connectivity index (χ1) is 17.9. The molecule has 1 saturated carbocycles. The van der Waals surface area contributed by atoms with Crippen LogP contribution in [0.25, 0.3) is 0 Å². The summed E-state index contributed by atoms with van der Waals surface area (Å²) in [6, 6.07) is 7.28. The van der Waals surface area contributed by atoms with E-state index in [-0.39, 0.29) is 18.1 Å². The summed E-state index contributed by atoms with van der Waals surface area (Å²) in [7, 11) is 3.21. The highest BCUT2D eigenvalue weighted by Gasteiger charge is 2.42. The molecule has 37 heavy (non-hydrogen) atoms. The lowest BCUT2D eigenvalue weighted by Crippen LogP contribution is -2.49. The predicted octanol–water partition coefficient (Wildman–Crippen LogP) is 5.07. The number of carbonyl (C=O) groups is 2. The number of alkyl carbamates (subject to hydrolysis) is 1. The Morgan fingerprint density at radius 1 is 1.22 bits per heavy atom. The fraction of sp³-hybridized carbons (Fsp3) is 0.714. The minimum absolute atomic E-state index is 0.155. The van der Waals surface area contributed by atoms with E-state index in [2.05, 4.69) is 15.4 Å². The number of hydrogen-bond acceptors (Lipinski definition) is 6. The van der Waals surface area contributed by atoms with Crippen LogP contribution in [0.15, 0.2) is 24.3 Å². The second-order valence-electron chi connectivity index (χ2n) is 10.5. The number of methoxy groups -OCH3 is 1. The van der Waals surface area contributed by atoms with Crippen LogP contribution in [-0.4, -0.2) is 68.6 Å². The third-order valence-electron chi connectivity index (χ3n) is 7.89. The van der Waals surface area contributed by atoms with E-state index in [1.165, 1.54) is 39.2 Å². The number of amides is 2. The first kappa shape index (κ1) is 29.5. The lowest BCUT2D eigenvalue weighted by molar-refractivity contribution is -0.0611. The van der Waals surface area contributed by atoms with E-state index in [9.17, 15) is 14.7 Å². The molecule has 0 spiro atoms. The molecule has 1 aliphatic heterocycles. The smallest absolute Gasteiger partial charge is 0.410 e. The van der Waals surface area contributed by atoms with Gasteiger partial charge in [-0.2, -0.15) is 0 Å². The molecule has 0 radical (unpaired) electrons. The molecule has 8 nitrogen and oxygen atoms in total. The molecule has 2 fully saturated rings. The van der Waals surface area contributed by atoms with Crippen LogP contribution in [-0.2, 0) is 15.1 Å². The summed E-state index contributed by atoms with van der Waals surface area (Å²) < 4.78 is 10.7. The monoisotopic (exact) mass is 537 g/mol. The van der Waals surface area contributed by atoms with Crippen molar-refractivity contribution in [3.63, 3.8) is 0 Å². The van der Waals surface area contributed by atoms with Crippen LogP contribution in [0.1, 0.15) is 69.8 Å². The van der Waals surface area contributed by atoms with E-state index in [4.69, 9.17) is 16.3 Å². The Hall–Kier alpha value is -2.03. The quantitative estimate of drug-likeness (QED) is 0.341. The maximum atomic E-state index is 13.3. The van der Waals surface area contributed by atoms with Crippen LogP contribution in [0.4, 0.5) is 9.59 Å². The van der Waals surface area contributed by atoms with E-state index in [0.717, 1.165) is 24.8 Å². The molecular weight excluding hydrogens is 494 g/mol. The first-order valence-electron chi connectivity index (χ1n) is 13.8. The number of aliphatic hydroxyl groups is 1. The number of ether oxygens (including phenoxy) is 2. The third-order valence-corrected chi connectivity index (χ3v) is 8.12. The fourth-order valence-corrected chi connectivity index (χ4v) is 6.10. The standard InChI is InChI=1S/C28H44ClN3O5/c1-30-19-25(17-21-9-4-3-5-10-21)37-27(34)32-16-7-12-23(20-32)28(35,14-8-15-31-26(33)36-2)22-11-6-13-24(29)18-22/h6,11,13,18,21,23,25,30,35H,3-5,7-10,12,14-17,19-20H2,1-2H3,(H,31,33)/t23?,25-,28+/m0/s1. The van der Waals surface area contributed by atoms with Crippen LogP contribution in [0, 0.1) is 11.8 Å². The van der Waals surface area contributed by atoms with Gasteiger partial charge in [0, 0.05) is 37.1 Å². The summed E-state index contributed by atoms with van der Waals surface area (Å²) in [5.74, 6) is 0.423. The number of nitrogens with zero attached hydrogens (tertiary/aromatic N) is 1. The molecule has 9 heteroatoms. The Morgan fingerprint density at radius 2 is 2.00 bits per heavy atom. The Bertz CT molecular complexity index is 866. The van der Waals surface area contributed by atoms with Gasteiger partial charge in [0.2, 0.25) is 0 Å². The molecule has 1 aromatic carbocycles. The second-order valence-corrected chi connectivity index (χ2v) is 11.0. The predicted molar refractivity (Wildman–Crippen MR) is 145 cm³/mol. The number of hydrogen-bond donors (Lipinski definition) is 3. The van der Waals surface area contributed by atoms with Crippen LogP contribution in [0.5, 0.6) is 0 Å². The highest BCUT2D eigenvalue weighted by molar-refractivity contribution is 6.30. The molecule has 1 heterocycles. The minimum atomic E-state index is -1.20. The molecule has 1 unspecified atom stereocenters. The normalized spacial score (nSPS) is 21.1. The van der Waals surface area contributed by atoms with Gasteiger partial charge in [0.1, 0.15) is 6.10 Å². The molecular formula is C28H44ClN3O5. The molecule has 1 aromatic rings.